The van der Waals surface area contributed by atoms with Crippen LogP contribution in [-0.4, -0.2) is 178 Å². The Balaban J connectivity index is 0.000000177. The molecule has 0 saturated heterocycles. The summed E-state index contributed by atoms with van der Waals surface area (Å²) < 4.78 is 0. The van der Waals surface area contributed by atoms with Gasteiger partial charge < -0.3 is 30.6 Å². The molecule has 6 amide bonds. The second-order valence-corrected chi connectivity index (χ2v) is 32.1. The number of imide groups is 1. The lowest BCUT2D eigenvalue weighted by Gasteiger charge is -2.38. The van der Waals surface area contributed by atoms with Gasteiger partial charge in [-0.25, -0.2) is 4.79 Å². The lowest BCUT2D eigenvalue weighted by Crippen LogP contribution is -2.50. The molecule has 31 heteroatoms. The van der Waals surface area contributed by atoms with Crippen LogP contribution in [0.3, 0.4) is 0 Å². The standard InChI is InChI=1S/C27H33N5O3.C24H30N6O2.C24H27N5O3.C21H23N5O2/c1-2-3-11-24(33)32(19-27(26(34)35)16-7-4-8-17-27)18-20-12-14-21(15-13-20)22-9-5-6-10-23(22)25-28-30-31-29-25;1-4-5-10-21(31)30(22(16(2)3)23(25)32)15-17-11-13-18(14-12-17)19-8-6-7-9-20(19)24-26-28-29-27-24;1-4-5-10-21(30)29(22(16(2)3)24(31)32)15-17-11-13-18(14-12-17)19-8-6-7-9-20(19)23-25-27-28-26-23;1-3-4-9-20(28)26(15(2)27)14-16-10-12-17(13-11-16)18-7-5-6-8-19(18)21-22-24-25-23-21/h5-6,9-10,12-15H,2-4,7-8,11,16-19H2,1H3,(H,34,35)(H,28,29,30,31);6-9,11-14,16,22H,4-5,10,15H2,1-3H3,(H2,25,32)(H,26,27,28,29);4,6-9,11-14,16,22H,1,5,10,15H2,2-3H3,(H,31,32)(H,25,26,27,28);5-8,10-13H,3-4,9,14H2,1-2H3,(H,22,23,24,25)/t;2*22-;/m.00./s1. The van der Waals surface area contributed by atoms with Crippen molar-refractivity contribution in [1.82, 2.24) is 102 Å². The van der Waals surface area contributed by atoms with Crippen LogP contribution in [0.5, 0.6) is 0 Å². The fourth-order valence-electron chi connectivity index (χ4n) is 15.5. The zero-order chi connectivity index (χ0) is 90.8. The van der Waals surface area contributed by atoms with Gasteiger partial charge in [-0.2, -0.15) is 20.9 Å². The van der Waals surface area contributed by atoms with Crippen molar-refractivity contribution in [3.8, 4) is 90.1 Å². The molecule has 13 rings (SSSR count). The van der Waals surface area contributed by atoms with E-state index in [9.17, 15) is 48.6 Å². The number of allylic oxidation sites excluding steroid dienone is 1. The van der Waals surface area contributed by atoms with Crippen molar-refractivity contribution in [1.29, 1.82) is 0 Å². The molecule has 127 heavy (non-hydrogen) atoms. The van der Waals surface area contributed by atoms with Crippen LogP contribution < -0.4 is 5.73 Å². The molecule has 1 aliphatic carbocycles. The van der Waals surface area contributed by atoms with Gasteiger partial charge in [0.1, 0.15) is 12.1 Å². The molecular weight excluding hydrogens is 1610 g/mol. The summed E-state index contributed by atoms with van der Waals surface area (Å²) in [5.41, 5.74) is 19.8. The van der Waals surface area contributed by atoms with Gasteiger partial charge in [-0.3, -0.25) is 38.5 Å². The summed E-state index contributed by atoms with van der Waals surface area (Å²) >= 11 is 0. The number of aromatic nitrogens is 16. The monoisotopic (exact) mass is 1720 g/mol. The molecule has 8 N–H and O–H groups in total. The first-order valence-electron chi connectivity index (χ1n) is 43.2. The summed E-state index contributed by atoms with van der Waals surface area (Å²) in [6.07, 6.45) is 12.9. The van der Waals surface area contributed by atoms with E-state index in [1.165, 1.54) is 16.7 Å². The average Bonchev–Trinajstić information content (AvgIpc) is 1.64. The number of hydrogen-bond acceptors (Lipinski definition) is 20. The number of nitrogens with one attached hydrogen (secondary N) is 4. The van der Waals surface area contributed by atoms with Gasteiger partial charge in [0, 0.05) is 81.0 Å². The van der Waals surface area contributed by atoms with Gasteiger partial charge in [-0.05, 0) is 138 Å². The van der Waals surface area contributed by atoms with Gasteiger partial charge in [0.2, 0.25) is 58.7 Å². The van der Waals surface area contributed by atoms with Gasteiger partial charge in [0.15, 0.2) is 0 Å². The quantitative estimate of drug-likeness (QED) is 0.0178. The number of unbranched alkanes of at least 4 members (excludes halogenated alkanes) is 3. The van der Waals surface area contributed by atoms with Gasteiger partial charge in [-0.15, -0.1) is 47.4 Å². The number of primary amides is 1. The summed E-state index contributed by atoms with van der Waals surface area (Å²) in [7, 11) is 0. The van der Waals surface area contributed by atoms with Crippen molar-refractivity contribution in [2.24, 2.45) is 23.0 Å². The summed E-state index contributed by atoms with van der Waals surface area (Å²) in [5, 5.41) is 77.0. The lowest BCUT2D eigenvalue weighted by atomic mass is 9.73. The van der Waals surface area contributed by atoms with Crippen LogP contribution in [0.15, 0.2) is 207 Å². The fourth-order valence-corrected chi connectivity index (χ4v) is 15.5. The van der Waals surface area contributed by atoms with Crippen molar-refractivity contribution in [3.63, 3.8) is 0 Å². The number of carbonyl (C=O) groups excluding carboxylic acids is 6. The molecule has 31 nitrogen and oxygen atoms in total. The summed E-state index contributed by atoms with van der Waals surface area (Å²) in [6, 6.07) is 61.3. The van der Waals surface area contributed by atoms with E-state index < -0.39 is 35.3 Å². The number of tetrazole rings is 4. The van der Waals surface area contributed by atoms with Gasteiger partial charge in [0.05, 0.1) is 12.0 Å². The molecule has 1 saturated carbocycles. The van der Waals surface area contributed by atoms with E-state index in [1.54, 1.807) is 15.9 Å². The maximum atomic E-state index is 13.1. The Morgan fingerprint density at radius 2 is 0.732 bits per heavy atom. The molecular formula is C96H113N21O10. The second kappa shape index (κ2) is 47.6. The molecule has 2 atom stereocenters. The van der Waals surface area contributed by atoms with Gasteiger partial charge in [0.25, 0.3) is 0 Å². The van der Waals surface area contributed by atoms with Crippen LogP contribution in [0.2, 0.25) is 0 Å². The molecule has 12 aromatic rings. The van der Waals surface area contributed by atoms with E-state index in [0.29, 0.717) is 74.9 Å². The molecule has 662 valence electrons. The highest BCUT2D eigenvalue weighted by Crippen LogP contribution is 2.40. The van der Waals surface area contributed by atoms with E-state index in [4.69, 9.17) is 5.73 Å². The minimum Gasteiger partial charge on any atom is -0.481 e. The zero-order valence-electron chi connectivity index (χ0n) is 73.3. The van der Waals surface area contributed by atoms with Gasteiger partial charge >= 0.3 is 11.9 Å². The molecule has 8 aromatic carbocycles. The zero-order valence-corrected chi connectivity index (χ0v) is 73.3. The van der Waals surface area contributed by atoms with Crippen molar-refractivity contribution in [2.45, 2.75) is 196 Å². The molecule has 1 fully saturated rings. The van der Waals surface area contributed by atoms with Crippen molar-refractivity contribution < 1.29 is 48.6 Å². The third kappa shape index (κ3) is 26.2. The molecule has 0 bridgehead atoms. The number of nitrogens with two attached hydrogens (primary N) is 1. The highest BCUT2D eigenvalue weighted by atomic mass is 16.4. The Labute approximate surface area is 739 Å². The molecule has 0 radical (unpaired) electrons. The van der Waals surface area contributed by atoms with Crippen LogP contribution in [0.4, 0.5) is 0 Å². The molecule has 0 spiro atoms. The largest absolute Gasteiger partial charge is 0.481 e. The minimum absolute atomic E-state index is 0.0320. The van der Waals surface area contributed by atoms with E-state index >= 15 is 0 Å². The van der Waals surface area contributed by atoms with E-state index in [-0.39, 0.29) is 67.4 Å². The number of nitrogens with zero attached hydrogens (tertiary/aromatic N) is 16. The SMILES string of the molecule is C=CCCC(=O)N(Cc1ccc(-c2ccccc2-c2nn[nH]n2)cc1)[C@H](C(=O)O)C(C)C.CCCCC(=O)N(Cc1ccc(-c2ccccc2-c2nn[nH]n2)cc1)C(C)=O.CCCCC(=O)N(Cc1ccc(-c2ccccc2-c2nn[nH]n2)cc1)CC1(C(=O)O)CCCCC1.CCCCC(=O)N(Cc1ccc(-c2ccccc2-c2nn[nH]n2)cc1)[C@H](C(N)=O)C(C)C. The number of carboxylic acids is 2. The van der Waals surface area contributed by atoms with Crippen LogP contribution in [0.1, 0.15) is 180 Å². The average molecular weight is 1720 g/mol. The number of H-pyrrole nitrogens is 4. The Morgan fingerprint density at radius 1 is 0.417 bits per heavy atom. The smallest absolute Gasteiger partial charge is 0.326 e. The number of hydrogen-bond donors (Lipinski definition) is 7. The predicted molar refractivity (Wildman–Crippen MR) is 483 cm³/mol. The van der Waals surface area contributed by atoms with Crippen molar-refractivity contribution in [2.75, 3.05) is 6.54 Å². The Morgan fingerprint density at radius 3 is 1.03 bits per heavy atom. The Hall–Kier alpha value is -14.3. The molecule has 4 aromatic heterocycles. The van der Waals surface area contributed by atoms with Crippen LogP contribution in [0, 0.1) is 17.3 Å². The fraction of sp³-hybridized carbons (Fsp3) is 0.354. The summed E-state index contributed by atoms with van der Waals surface area (Å²) in [6.45, 7) is 20.2. The number of benzene rings is 8. The van der Waals surface area contributed by atoms with Crippen LogP contribution in [-0.2, 0) is 64.5 Å². The summed E-state index contributed by atoms with van der Waals surface area (Å²) in [4.78, 5) is 106. The van der Waals surface area contributed by atoms with Gasteiger partial charge in [-0.1, -0.05) is 287 Å². The summed E-state index contributed by atoms with van der Waals surface area (Å²) in [5.74, 6) is -1.02. The second-order valence-electron chi connectivity index (χ2n) is 32.1. The highest BCUT2D eigenvalue weighted by Gasteiger charge is 2.42. The first kappa shape index (κ1) is 95.0. The van der Waals surface area contributed by atoms with E-state index in [0.717, 1.165) is 147 Å². The van der Waals surface area contributed by atoms with Crippen LogP contribution >= 0.6 is 0 Å². The number of aromatic amines is 4. The lowest BCUT2D eigenvalue weighted by molar-refractivity contribution is -0.154. The number of carbonyl (C=O) groups is 8. The van der Waals surface area contributed by atoms with E-state index in [1.807, 2.05) is 236 Å². The van der Waals surface area contributed by atoms with Crippen LogP contribution in [0.25, 0.3) is 90.1 Å². The number of rotatable bonds is 37. The maximum absolute atomic E-state index is 13.1. The predicted octanol–water partition coefficient (Wildman–Crippen LogP) is 16.2. The minimum atomic E-state index is -1.00. The molecule has 0 aliphatic heterocycles. The van der Waals surface area contributed by atoms with E-state index in [2.05, 4.69) is 96.0 Å². The number of aliphatic carboxylic acids is 2. The van der Waals surface area contributed by atoms with Crippen molar-refractivity contribution in [3.05, 3.63) is 229 Å². The first-order chi connectivity index (χ1) is 61.5. The highest BCUT2D eigenvalue weighted by molar-refractivity contribution is 5.94. The third-order valence-corrected chi connectivity index (χ3v) is 22.2. The number of carboxylic acid groups (broad SMARTS) is 2. The Kier molecular flexibility index (Phi) is 35.6. The molecule has 1 aliphatic rings. The van der Waals surface area contributed by atoms with Crippen molar-refractivity contribution >= 4 is 47.4 Å². The molecule has 0 unspecified atom stereocenters. The first-order valence-corrected chi connectivity index (χ1v) is 43.2. The third-order valence-electron chi connectivity index (χ3n) is 22.2. The maximum Gasteiger partial charge on any atom is 0.326 e. The number of amides is 6. The molecule has 4 heterocycles. The Bertz CT molecular complexity index is 5510. The topological polar surface area (TPSA) is 434 Å². The normalized spacial score (nSPS) is 12.5.